The summed E-state index contributed by atoms with van der Waals surface area (Å²) < 4.78 is 0. The first-order valence-electron chi connectivity index (χ1n) is 7.14. The van der Waals surface area contributed by atoms with Crippen molar-refractivity contribution in [3.63, 3.8) is 0 Å². The number of hydrogen-bond donors (Lipinski definition) is 3. The zero-order valence-electron chi connectivity index (χ0n) is 12.6. The van der Waals surface area contributed by atoms with E-state index in [1.807, 2.05) is 55.5 Å². The summed E-state index contributed by atoms with van der Waals surface area (Å²) in [6.07, 6.45) is 0. The van der Waals surface area contributed by atoms with E-state index in [4.69, 9.17) is 17.3 Å². The zero-order chi connectivity index (χ0) is 16.8. The maximum atomic E-state index is 12.3. The Morgan fingerprint density at radius 1 is 1.04 bits per heavy atom. The number of amides is 3. The van der Waals surface area contributed by atoms with Crippen LogP contribution < -0.4 is 16.4 Å². The SMILES string of the molecule is C[C@H](N[C@@H](C(=O)NC(N)=O)c1ccccc1)c1cccc(Cl)c1. The first-order chi connectivity index (χ1) is 11.0. The molecule has 3 amide bonds. The van der Waals surface area contributed by atoms with Gasteiger partial charge in [-0.05, 0) is 30.2 Å². The molecule has 5 nitrogen and oxygen atoms in total. The molecule has 0 aromatic heterocycles. The van der Waals surface area contributed by atoms with Crippen molar-refractivity contribution >= 4 is 23.5 Å². The molecule has 2 rings (SSSR count). The van der Waals surface area contributed by atoms with Crippen molar-refractivity contribution in [2.45, 2.75) is 19.0 Å². The third-order valence-corrected chi connectivity index (χ3v) is 3.64. The van der Waals surface area contributed by atoms with E-state index in [-0.39, 0.29) is 6.04 Å². The Morgan fingerprint density at radius 2 is 1.70 bits per heavy atom. The number of carbonyl (C=O) groups is 2. The number of benzene rings is 2. The van der Waals surface area contributed by atoms with Crippen LogP contribution in [0.2, 0.25) is 5.02 Å². The Kier molecular flexibility index (Phi) is 5.73. The van der Waals surface area contributed by atoms with Crippen LogP contribution in [0.25, 0.3) is 0 Å². The van der Waals surface area contributed by atoms with Gasteiger partial charge in [0.2, 0.25) is 5.91 Å². The fourth-order valence-corrected chi connectivity index (χ4v) is 2.48. The van der Waals surface area contributed by atoms with Crippen molar-refractivity contribution in [2.24, 2.45) is 5.73 Å². The molecule has 0 aliphatic heterocycles. The van der Waals surface area contributed by atoms with E-state index >= 15 is 0 Å². The molecule has 0 aliphatic carbocycles. The lowest BCUT2D eigenvalue weighted by Gasteiger charge is -2.23. The first-order valence-corrected chi connectivity index (χ1v) is 7.52. The molecule has 23 heavy (non-hydrogen) atoms. The minimum absolute atomic E-state index is 0.155. The fourth-order valence-electron chi connectivity index (χ4n) is 2.28. The highest BCUT2D eigenvalue weighted by Crippen LogP contribution is 2.22. The summed E-state index contributed by atoms with van der Waals surface area (Å²) >= 11 is 6.01. The van der Waals surface area contributed by atoms with Crippen molar-refractivity contribution in [3.05, 3.63) is 70.7 Å². The molecule has 0 saturated carbocycles. The number of urea groups is 1. The van der Waals surface area contributed by atoms with Gasteiger partial charge >= 0.3 is 6.03 Å². The molecule has 6 heteroatoms. The van der Waals surface area contributed by atoms with Crippen LogP contribution in [0.15, 0.2) is 54.6 Å². The minimum atomic E-state index is -0.881. The summed E-state index contributed by atoms with van der Waals surface area (Å²) in [6, 6.07) is 14.7. The fraction of sp³-hybridized carbons (Fsp3) is 0.176. The van der Waals surface area contributed by atoms with Crippen LogP contribution in [0.5, 0.6) is 0 Å². The molecule has 2 atom stereocenters. The molecule has 4 N–H and O–H groups in total. The largest absolute Gasteiger partial charge is 0.351 e. The number of halogens is 1. The molecule has 2 aromatic carbocycles. The molecule has 2 aromatic rings. The number of rotatable bonds is 5. The number of nitrogens with two attached hydrogens (primary N) is 1. The van der Waals surface area contributed by atoms with Crippen LogP contribution in [-0.4, -0.2) is 11.9 Å². The molecule has 0 unspecified atom stereocenters. The lowest BCUT2D eigenvalue weighted by Crippen LogP contribution is -2.43. The Morgan fingerprint density at radius 3 is 2.30 bits per heavy atom. The summed E-state index contributed by atoms with van der Waals surface area (Å²) in [5, 5.41) is 5.94. The quantitative estimate of drug-likeness (QED) is 0.787. The van der Waals surface area contributed by atoms with Gasteiger partial charge in [0, 0.05) is 11.1 Å². The van der Waals surface area contributed by atoms with Crippen LogP contribution >= 0.6 is 11.6 Å². The summed E-state index contributed by atoms with van der Waals surface area (Å²) in [5.74, 6) is -0.502. The van der Waals surface area contributed by atoms with Gasteiger partial charge in [-0.15, -0.1) is 0 Å². The second-order valence-electron chi connectivity index (χ2n) is 5.14. The van der Waals surface area contributed by atoms with E-state index in [0.717, 1.165) is 11.1 Å². The molecule has 0 saturated heterocycles. The molecular formula is C17H18ClN3O2. The molecule has 0 spiro atoms. The van der Waals surface area contributed by atoms with Crippen molar-refractivity contribution in [1.29, 1.82) is 0 Å². The number of nitrogens with one attached hydrogen (secondary N) is 2. The third-order valence-electron chi connectivity index (χ3n) is 3.41. The maximum absolute atomic E-state index is 12.3. The number of carbonyl (C=O) groups excluding carboxylic acids is 2. The van der Waals surface area contributed by atoms with Crippen LogP contribution in [0, 0.1) is 0 Å². The highest BCUT2D eigenvalue weighted by molar-refractivity contribution is 6.30. The van der Waals surface area contributed by atoms with Gasteiger partial charge in [0.1, 0.15) is 6.04 Å². The summed E-state index contributed by atoms with van der Waals surface area (Å²) in [4.78, 5) is 23.3. The molecule has 120 valence electrons. The normalized spacial score (nSPS) is 13.1. The van der Waals surface area contributed by atoms with Crippen molar-refractivity contribution in [3.8, 4) is 0 Å². The molecule has 0 heterocycles. The third kappa shape index (κ3) is 4.81. The van der Waals surface area contributed by atoms with Crippen molar-refractivity contribution in [2.75, 3.05) is 0 Å². The topological polar surface area (TPSA) is 84.2 Å². The van der Waals surface area contributed by atoms with Gasteiger partial charge in [-0.3, -0.25) is 15.4 Å². The lowest BCUT2D eigenvalue weighted by molar-refractivity contribution is -0.122. The van der Waals surface area contributed by atoms with Gasteiger partial charge in [-0.25, -0.2) is 4.79 Å². The summed E-state index contributed by atoms with van der Waals surface area (Å²) in [5.41, 5.74) is 6.73. The number of primary amides is 1. The standard InChI is InChI=1S/C17H18ClN3O2/c1-11(13-8-5-9-14(18)10-13)20-15(16(22)21-17(19)23)12-6-3-2-4-7-12/h2-11,15,20H,1H3,(H3,19,21,22,23)/t11-,15+/m0/s1. The second kappa shape index (κ2) is 7.76. The molecule has 0 bridgehead atoms. The van der Waals surface area contributed by atoms with Gasteiger partial charge in [-0.1, -0.05) is 54.1 Å². The van der Waals surface area contributed by atoms with E-state index in [1.54, 1.807) is 6.07 Å². The van der Waals surface area contributed by atoms with Crippen LogP contribution in [-0.2, 0) is 4.79 Å². The Hall–Kier alpha value is -2.37. The summed E-state index contributed by atoms with van der Waals surface area (Å²) in [6.45, 7) is 1.92. The molecule has 0 fully saturated rings. The summed E-state index contributed by atoms with van der Waals surface area (Å²) in [7, 11) is 0. The maximum Gasteiger partial charge on any atom is 0.318 e. The van der Waals surface area contributed by atoms with Crippen LogP contribution in [0.4, 0.5) is 4.79 Å². The van der Waals surface area contributed by atoms with Gasteiger partial charge in [0.05, 0.1) is 0 Å². The van der Waals surface area contributed by atoms with E-state index in [0.29, 0.717) is 5.02 Å². The van der Waals surface area contributed by atoms with Gasteiger partial charge in [0.15, 0.2) is 0 Å². The first kappa shape index (κ1) is 17.0. The van der Waals surface area contributed by atoms with Crippen LogP contribution in [0.3, 0.4) is 0 Å². The van der Waals surface area contributed by atoms with Crippen molar-refractivity contribution in [1.82, 2.24) is 10.6 Å². The van der Waals surface area contributed by atoms with Crippen LogP contribution in [0.1, 0.15) is 30.1 Å². The second-order valence-corrected chi connectivity index (χ2v) is 5.58. The average molecular weight is 332 g/mol. The molecule has 0 aliphatic rings. The highest BCUT2D eigenvalue weighted by atomic mass is 35.5. The number of imide groups is 1. The van der Waals surface area contributed by atoms with Gasteiger partial charge in [0.25, 0.3) is 0 Å². The lowest BCUT2D eigenvalue weighted by atomic mass is 10.0. The Bertz CT molecular complexity index is 691. The highest BCUT2D eigenvalue weighted by Gasteiger charge is 2.23. The van der Waals surface area contributed by atoms with E-state index in [9.17, 15) is 9.59 Å². The molecular weight excluding hydrogens is 314 g/mol. The number of hydrogen-bond acceptors (Lipinski definition) is 3. The predicted molar refractivity (Wildman–Crippen MR) is 89.9 cm³/mol. The van der Waals surface area contributed by atoms with Crippen molar-refractivity contribution < 1.29 is 9.59 Å². The van der Waals surface area contributed by atoms with E-state index in [1.165, 1.54) is 0 Å². The Balaban J connectivity index is 2.23. The van der Waals surface area contributed by atoms with Gasteiger partial charge in [-0.2, -0.15) is 0 Å². The minimum Gasteiger partial charge on any atom is -0.351 e. The van der Waals surface area contributed by atoms with Gasteiger partial charge < -0.3 is 5.73 Å². The average Bonchev–Trinajstić information content (AvgIpc) is 2.52. The zero-order valence-corrected chi connectivity index (χ0v) is 13.4. The van der Waals surface area contributed by atoms with E-state index < -0.39 is 18.0 Å². The van der Waals surface area contributed by atoms with E-state index in [2.05, 4.69) is 10.6 Å². The Labute approximate surface area is 139 Å². The smallest absolute Gasteiger partial charge is 0.318 e. The molecule has 0 radical (unpaired) electrons. The monoisotopic (exact) mass is 331 g/mol. The predicted octanol–water partition coefficient (Wildman–Crippen LogP) is 2.93.